The molecule has 0 saturated carbocycles. The molecule has 1 atom stereocenters. The number of hydrogen-bond donors (Lipinski definition) is 0. The van der Waals surface area contributed by atoms with E-state index in [-0.39, 0.29) is 23.5 Å². The monoisotopic (exact) mass is 317 g/mol. The zero-order valence-corrected chi connectivity index (χ0v) is 14.4. The van der Waals surface area contributed by atoms with E-state index in [1.54, 1.807) is 20.9 Å². The molecule has 1 heterocycles. The van der Waals surface area contributed by atoms with Crippen LogP contribution in [0.3, 0.4) is 0 Å². The number of amides is 1. The van der Waals surface area contributed by atoms with Gasteiger partial charge in [-0.1, -0.05) is 13.8 Å². The van der Waals surface area contributed by atoms with Crippen molar-refractivity contribution in [2.45, 2.75) is 40.2 Å². The third-order valence-corrected chi connectivity index (χ3v) is 6.71. The maximum Gasteiger partial charge on any atom is 0.263 e. The molecule has 0 bridgehead atoms. The molecule has 0 unspecified atom stereocenters. The van der Waals surface area contributed by atoms with Gasteiger partial charge in [-0.05, 0) is 31.9 Å². The summed E-state index contributed by atoms with van der Waals surface area (Å²) in [4.78, 5) is 15.8. The lowest BCUT2D eigenvalue weighted by atomic mass is 10.2. The summed E-state index contributed by atoms with van der Waals surface area (Å²) in [7, 11) is -1.41. The van der Waals surface area contributed by atoms with Crippen molar-refractivity contribution in [1.29, 1.82) is 0 Å². The largest absolute Gasteiger partial charge is 0.337 e. The van der Waals surface area contributed by atoms with Crippen LogP contribution >= 0.6 is 11.3 Å². The zero-order chi connectivity index (χ0) is 15.5. The molecule has 0 fully saturated rings. The minimum Gasteiger partial charge on any atom is -0.337 e. The van der Waals surface area contributed by atoms with E-state index in [2.05, 4.69) is 6.92 Å². The molecule has 0 aliphatic carbocycles. The second-order valence-corrected chi connectivity index (χ2v) is 8.57. The third kappa shape index (κ3) is 4.06. The Labute approximate surface area is 125 Å². The average Bonchev–Trinajstić information content (AvgIpc) is 2.77. The second-order valence-electron chi connectivity index (χ2n) is 5.03. The molecule has 6 heteroatoms. The molecule has 0 aromatic carbocycles. The number of rotatable bonds is 6. The molecule has 0 radical (unpaired) electrons. The lowest BCUT2D eigenvalue weighted by Gasteiger charge is -2.24. The number of hydrogen-bond acceptors (Lipinski definition) is 4. The van der Waals surface area contributed by atoms with Crippen molar-refractivity contribution >= 4 is 27.1 Å². The van der Waals surface area contributed by atoms with Crippen LogP contribution in [-0.2, 0) is 16.3 Å². The molecule has 20 heavy (non-hydrogen) atoms. The Balaban J connectivity index is 2.85. The van der Waals surface area contributed by atoms with Gasteiger partial charge >= 0.3 is 0 Å². The summed E-state index contributed by atoms with van der Waals surface area (Å²) < 4.78 is 23.3. The first-order valence-corrected chi connectivity index (χ1v) is 9.42. The number of aryl methyl sites for hydroxylation is 2. The molecule has 0 aliphatic heterocycles. The summed E-state index contributed by atoms with van der Waals surface area (Å²) in [6.07, 6.45) is 0.910. The molecule has 114 valence electrons. The summed E-state index contributed by atoms with van der Waals surface area (Å²) in [5, 5.41) is 0. The van der Waals surface area contributed by atoms with Crippen molar-refractivity contribution in [2.75, 3.05) is 18.6 Å². The Bertz CT molecular complexity index is 575. The lowest BCUT2D eigenvalue weighted by molar-refractivity contribution is 0.0761. The van der Waals surface area contributed by atoms with E-state index < -0.39 is 9.84 Å². The minimum atomic E-state index is -3.08. The van der Waals surface area contributed by atoms with Crippen molar-refractivity contribution in [3.05, 3.63) is 21.4 Å². The van der Waals surface area contributed by atoms with Gasteiger partial charge in [0, 0.05) is 23.7 Å². The summed E-state index contributed by atoms with van der Waals surface area (Å²) >= 11 is 1.50. The molecule has 1 aromatic rings. The molecular weight excluding hydrogens is 294 g/mol. The van der Waals surface area contributed by atoms with Crippen LogP contribution in [0.4, 0.5) is 0 Å². The molecule has 0 aliphatic rings. The number of nitrogens with zero attached hydrogens (tertiary/aromatic N) is 1. The van der Waals surface area contributed by atoms with Gasteiger partial charge in [-0.2, -0.15) is 0 Å². The number of sulfone groups is 1. The highest BCUT2D eigenvalue weighted by molar-refractivity contribution is 7.91. The van der Waals surface area contributed by atoms with E-state index in [0.29, 0.717) is 4.88 Å². The van der Waals surface area contributed by atoms with Crippen molar-refractivity contribution < 1.29 is 13.2 Å². The van der Waals surface area contributed by atoms with Crippen LogP contribution in [0.1, 0.15) is 40.9 Å². The Hall–Kier alpha value is -0.880. The standard InChI is InChI=1S/C14H23NO3S2/c1-6-12-10(3)8-13(19-12)14(16)15(5)11(4)9-20(17,18)7-2/h8,11H,6-7,9H2,1-5H3/t11-/m0/s1. The van der Waals surface area contributed by atoms with Crippen LogP contribution < -0.4 is 0 Å². The fraction of sp³-hybridized carbons (Fsp3) is 0.643. The first-order chi connectivity index (χ1) is 9.21. The summed E-state index contributed by atoms with van der Waals surface area (Å²) in [5.74, 6) is 0.0189. The van der Waals surface area contributed by atoms with Gasteiger partial charge in [-0.15, -0.1) is 11.3 Å². The molecular formula is C14H23NO3S2. The highest BCUT2D eigenvalue weighted by Gasteiger charge is 2.23. The Kier molecular flexibility index (Phi) is 5.77. The van der Waals surface area contributed by atoms with Gasteiger partial charge < -0.3 is 4.90 Å². The Morgan fingerprint density at radius 2 is 2.00 bits per heavy atom. The highest BCUT2D eigenvalue weighted by atomic mass is 32.2. The molecule has 1 amide bonds. The summed E-state index contributed by atoms with van der Waals surface area (Å²) in [5.41, 5.74) is 1.13. The molecule has 4 nitrogen and oxygen atoms in total. The fourth-order valence-electron chi connectivity index (χ4n) is 1.95. The molecule has 1 rings (SSSR count). The van der Waals surface area contributed by atoms with Crippen LogP contribution in [0, 0.1) is 6.92 Å². The topological polar surface area (TPSA) is 54.5 Å². The van der Waals surface area contributed by atoms with E-state index in [1.807, 2.05) is 13.0 Å². The van der Waals surface area contributed by atoms with E-state index in [9.17, 15) is 13.2 Å². The summed E-state index contributed by atoms with van der Waals surface area (Å²) in [6, 6.07) is 1.57. The Morgan fingerprint density at radius 1 is 1.40 bits per heavy atom. The predicted molar refractivity (Wildman–Crippen MR) is 84.3 cm³/mol. The third-order valence-electron chi connectivity index (χ3n) is 3.47. The fourth-order valence-corrected chi connectivity index (χ4v) is 4.24. The number of carbonyl (C=O) groups is 1. The first kappa shape index (κ1) is 17.2. The smallest absolute Gasteiger partial charge is 0.263 e. The molecule has 1 aromatic heterocycles. The normalized spacial score (nSPS) is 13.2. The van der Waals surface area contributed by atoms with Gasteiger partial charge in [0.15, 0.2) is 9.84 Å². The van der Waals surface area contributed by atoms with Gasteiger partial charge in [0.1, 0.15) is 0 Å². The van der Waals surface area contributed by atoms with Crippen LogP contribution in [0.5, 0.6) is 0 Å². The maximum atomic E-state index is 12.4. The molecule has 0 spiro atoms. The SMILES string of the molecule is CCc1sc(C(=O)N(C)[C@@H](C)CS(=O)(=O)CC)cc1C. The maximum absolute atomic E-state index is 12.4. The quantitative estimate of drug-likeness (QED) is 0.810. The average molecular weight is 317 g/mol. The highest BCUT2D eigenvalue weighted by Crippen LogP contribution is 2.24. The van der Waals surface area contributed by atoms with Crippen LogP contribution in [0.25, 0.3) is 0 Å². The first-order valence-electron chi connectivity index (χ1n) is 6.78. The van der Waals surface area contributed by atoms with Crippen molar-refractivity contribution in [2.24, 2.45) is 0 Å². The Morgan fingerprint density at radius 3 is 2.45 bits per heavy atom. The van der Waals surface area contributed by atoms with Gasteiger partial charge in [0.05, 0.1) is 10.6 Å². The van der Waals surface area contributed by atoms with Crippen LogP contribution in [-0.4, -0.2) is 43.8 Å². The molecule has 0 N–H and O–H groups in total. The van der Waals surface area contributed by atoms with Crippen LogP contribution in [0.15, 0.2) is 6.07 Å². The minimum absolute atomic E-state index is 0.0106. The van der Waals surface area contributed by atoms with E-state index in [0.717, 1.165) is 12.0 Å². The lowest BCUT2D eigenvalue weighted by Crippen LogP contribution is -2.39. The van der Waals surface area contributed by atoms with Crippen molar-refractivity contribution in [1.82, 2.24) is 4.90 Å². The van der Waals surface area contributed by atoms with Crippen molar-refractivity contribution in [3.8, 4) is 0 Å². The van der Waals surface area contributed by atoms with Gasteiger partial charge in [0.25, 0.3) is 5.91 Å². The predicted octanol–water partition coefficient (Wildman–Crippen LogP) is 2.51. The van der Waals surface area contributed by atoms with Gasteiger partial charge in [-0.25, -0.2) is 8.42 Å². The van der Waals surface area contributed by atoms with E-state index >= 15 is 0 Å². The van der Waals surface area contributed by atoms with Crippen molar-refractivity contribution in [3.63, 3.8) is 0 Å². The number of thiophene rings is 1. The molecule has 0 saturated heterocycles. The number of carbonyl (C=O) groups excluding carboxylic acids is 1. The zero-order valence-electron chi connectivity index (χ0n) is 12.8. The van der Waals surface area contributed by atoms with Crippen LogP contribution in [0.2, 0.25) is 0 Å². The van der Waals surface area contributed by atoms with E-state index in [1.165, 1.54) is 21.1 Å². The van der Waals surface area contributed by atoms with Gasteiger partial charge in [0.2, 0.25) is 0 Å². The van der Waals surface area contributed by atoms with E-state index in [4.69, 9.17) is 0 Å². The van der Waals surface area contributed by atoms with Gasteiger partial charge in [-0.3, -0.25) is 4.79 Å². The summed E-state index contributed by atoms with van der Waals surface area (Å²) in [6.45, 7) is 7.46. The second kappa shape index (κ2) is 6.72.